The highest BCUT2D eigenvalue weighted by atomic mass is 16.5. The Hall–Kier alpha value is -1.32. The predicted octanol–water partition coefficient (Wildman–Crippen LogP) is 0.265. The number of aromatic nitrogens is 1. The molecule has 1 rings (SSSR count). The number of rotatable bonds is 3. The first-order valence-electron chi connectivity index (χ1n) is 3.44. The molecular weight excluding hydrogens is 144 g/mol. The quantitative estimate of drug-likeness (QED) is 0.679. The van der Waals surface area contributed by atoms with Gasteiger partial charge in [0.05, 0.1) is 12.1 Å². The van der Waals surface area contributed by atoms with Crippen LogP contribution in [0, 0.1) is 0 Å². The van der Waals surface area contributed by atoms with Gasteiger partial charge in [0.1, 0.15) is 6.26 Å². The predicted molar refractivity (Wildman–Crippen MR) is 38.8 cm³/mol. The molecule has 0 saturated heterocycles. The highest BCUT2D eigenvalue weighted by Gasteiger charge is 2.07. The van der Waals surface area contributed by atoms with Gasteiger partial charge in [0.15, 0.2) is 0 Å². The van der Waals surface area contributed by atoms with Gasteiger partial charge in [0.2, 0.25) is 5.91 Å². The van der Waals surface area contributed by atoms with Crippen molar-refractivity contribution in [3.63, 3.8) is 0 Å². The van der Waals surface area contributed by atoms with Crippen LogP contribution in [0.1, 0.15) is 18.2 Å². The van der Waals surface area contributed by atoms with Gasteiger partial charge >= 0.3 is 0 Å². The normalized spacial score (nSPS) is 9.91. The summed E-state index contributed by atoms with van der Waals surface area (Å²) in [5.74, 6) is -0.358. The number of hydrogen-bond acceptors (Lipinski definition) is 3. The van der Waals surface area contributed by atoms with Crippen molar-refractivity contribution < 1.29 is 9.32 Å². The molecule has 0 radical (unpaired) electrons. The second-order valence-electron chi connectivity index (χ2n) is 2.28. The van der Waals surface area contributed by atoms with Gasteiger partial charge in [-0.2, -0.15) is 0 Å². The summed E-state index contributed by atoms with van der Waals surface area (Å²) in [5.41, 5.74) is 6.60. The van der Waals surface area contributed by atoms with E-state index in [9.17, 15) is 4.79 Å². The van der Waals surface area contributed by atoms with E-state index < -0.39 is 0 Å². The second-order valence-corrected chi connectivity index (χ2v) is 2.28. The lowest BCUT2D eigenvalue weighted by Crippen LogP contribution is -2.14. The lowest BCUT2D eigenvalue weighted by Gasteiger charge is -1.92. The van der Waals surface area contributed by atoms with E-state index in [-0.39, 0.29) is 12.3 Å². The number of nitrogens with zero attached hydrogens (tertiary/aromatic N) is 1. The summed E-state index contributed by atoms with van der Waals surface area (Å²) < 4.78 is 4.68. The number of carbonyl (C=O) groups is 1. The Morgan fingerprint density at radius 1 is 1.82 bits per heavy atom. The lowest BCUT2D eigenvalue weighted by atomic mass is 10.1. The van der Waals surface area contributed by atoms with Crippen LogP contribution < -0.4 is 5.73 Å². The first-order chi connectivity index (χ1) is 5.24. The molecule has 4 nitrogen and oxygen atoms in total. The van der Waals surface area contributed by atoms with Crippen molar-refractivity contribution in [1.82, 2.24) is 5.16 Å². The Morgan fingerprint density at radius 2 is 2.55 bits per heavy atom. The Kier molecular flexibility index (Phi) is 2.25. The van der Waals surface area contributed by atoms with Crippen LogP contribution in [0.4, 0.5) is 0 Å². The fourth-order valence-electron chi connectivity index (χ4n) is 0.903. The van der Waals surface area contributed by atoms with Gasteiger partial charge in [-0.1, -0.05) is 12.1 Å². The number of hydrogen-bond donors (Lipinski definition) is 1. The topological polar surface area (TPSA) is 69.1 Å². The molecule has 1 amide bonds. The van der Waals surface area contributed by atoms with Gasteiger partial charge in [0.25, 0.3) is 0 Å². The SMILES string of the molecule is CCc1nocc1CC(N)=O. The molecule has 0 spiro atoms. The molecule has 0 aliphatic rings. The van der Waals surface area contributed by atoms with Crippen LogP contribution >= 0.6 is 0 Å². The number of aryl methyl sites for hydroxylation is 1. The van der Waals surface area contributed by atoms with E-state index in [0.29, 0.717) is 0 Å². The third kappa shape index (κ3) is 1.80. The molecule has 2 N–H and O–H groups in total. The Bertz CT molecular complexity index is 255. The van der Waals surface area contributed by atoms with Crippen molar-refractivity contribution in [3.8, 4) is 0 Å². The molecule has 0 aromatic carbocycles. The average molecular weight is 154 g/mol. The van der Waals surface area contributed by atoms with Crippen molar-refractivity contribution >= 4 is 5.91 Å². The monoisotopic (exact) mass is 154 g/mol. The molecular formula is C7H10N2O2. The van der Waals surface area contributed by atoms with E-state index in [4.69, 9.17) is 5.73 Å². The Labute approximate surface area is 64.4 Å². The van der Waals surface area contributed by atoms with Crippen molar-refractivity contribution in [3.05, 3.63) is 17.5 Å². The number of primary amides is 1. The Morgan fingerprint density at radius 3 is 3.09 bits per heavy atom. The van der Waals surface area contributed by atoms with Gasteiger partial charge < -0.3 is 10.3 Å². The van der Waals surface area contributed by atoms with E-state index in [1.165, 1.54) is 6.26 Å². The van der Waals surface area contributed by atoms with Crippen molar-refractivity contribution in [2.45, 2.75) is 19.8 Å². The molecule has 0 fully saturated rings. The Balaban J connectivity index is 2.76. The molecule has 0 bridgehead atoms. The summed E-state index contributed by atoms with van der Waals surface area (Å²) in [7, 11) is 0. The maximum absolute atomic E-state index is 10.5. The van der Waals surface area contributed by atoms with E-state index in [1.54, 1.807) is 0 Å². The summed E-state index contributed by atoms with van der Waals surface area (Å²) in [5, 5.41) is 3.70. The maximum Gasteiger partial charge on any atom is 0.222 e. The van der Waals surface area contributed by atoms with Gasteiger partial charge in [-0.15, -0.1) is 0 Å². The molecule has 1 aromatic rings. The van der Waals surface area contributed by atoms with E-state index in [2.05, 4.69) is 9.68 Å². The summed E-state index contributed by atoms with van der Waals surface area (Å²) >= 11 is 0. The zero-order chi connectivity index (χ0) is 8.27. The fourth-order valence-corrected chi connectivity index (χ4v) is 0.903. The first-order valence-corrected chi connectivity index (χ1v) is 3.44. The fraction of sp³-hybridized carbons (Fsp3) is 0.429. The van der Waals surface area contributed by atoms with E-state index >= 15 is 0 Å². The molecule has 0 aliphatic carbocycles. The molecule has 0 aliphatic heterocycles. The third-order valence-corrected chi connectivity index (χ3v) is 1.43. The minimum atomic E-state index is -0.358. The molecule has 1 aromatic heterocycles. The number of amides is 1. The van der Waals surface area contributed by atoms with Crippen LogP contribution in [-0.2, 0) is 17.6 Å². The van der Waals surface area contributed by atoms with Crippen LogP contribution in [0.5, 0.6) is 0 Å². The summed E-state index contributed by atoms with van der Waals surface area (Å²) in [6.45, 7) is 1.95. The first kappa shape index (κ1) is 7.78. The molecule has 4 heteroatoms. The average Bonchev–Trinajstić information content (AvgIpc) is 2.34. The molecule has 60 valence electrons. The highest BCUT2D eigenvalue weighted by molar-refractivity contribution is 5.76. The van der Waals surface area contributed by atoms with Gasteiger partial charge in [0, 0.05) is 5.56 Å². The van der Waals surface area contributed by atoms with Crippen molar-refractivity contribution in [1.29, 1.82) is 0 Å². The van der Waals surface area contributed by atoms with Crippen molar-refractivity contribution in [2.75, 3.05) is 0 Å². The second kappa shape index (κ2) is 3.18. The van der Waals surface area contributed by atoms with Gasteiger partial charge in [-0.25, -0.2) is 0 Å². The van der Waals surface area contributed by atoms with E-state index in [0.717, 1.165) is 17.7 Å². The largest absolute Gasteiger partial charge is 0.369 e. The highest BCUT2D eigenvalue weighted by Crippen LogP contribution is 2.07. The van der Waals surface area contributed by atoms with E-state index in [1.807, 2.05) is 6.92 Å². The van der Waals surface area contributed by atoms with Crippen LogP contribution in [0.2, 0.25) is 0 Å². The van der Waals surface area contributed by atoms with Crippen LogP contribution in [0.3, 0.4) is 0 Å². The lowest BCUT2D eigenvalue weighted by molar-refractivity contribution is -0.117. The smallest absolute Gasteiger partial charge is 0.222 e. The van der Waals surface area contributed by atoms with Crippen LogP contribution in [0.15, 0.2) is 10.8 Å². The zero-order valence-corrected chi connectivity index (χ0v) is 6.33. The third-order valence-electron chi connectivity index (χ3n) is 1.43. The van der Waals surface area contributed by atoms with Crippen LogP contribution in [-0.4, -0.2) is 11.1 Å². The van der Waals surface area contributed by atoms with Crippen molar-refractivity contribution in [2.24, 2.45) is 5.73 Å². The maximum atomic E-state index is 10.5. The number of carbonyl (C=O) groups excluding carboxylic acids is 1. The molecule has 1 heterocycles. The molecule has 11 heavy (non-hydrogen) atoms. The standard InChI is InChI=1S/C7H10N2O2/c1-2-6-5(3-7(8)10)4-11-9-6/h4H,2-3H2,1H3,(H2,8,10). The zero-order valence-electron chi connectivity index (χ0n) is 6.33. The molecule has 0 unspecified atom stereocenters. The van der Waals surface area contributed by atoms with Gasteiger partial charge in [-0.3, -0.25) is 4.79 Å². The minimum Gasteiger partial charge on any atom is -0.369 e. The van der Waals surface area contributed by atoms with Crippen LogP contribution in [0.25, 0.3) is 0 Å². The van der Waals surface area contributed by atoms with Gasteiger partial charge in [-0.05, 0) is 6.42 Å². The molecule has 0 saturated carbocycles. The summed E-state index contributed by atoms with van der Waals surface area (Å²) in [6, 6.07) is 0. The summed E-state index contributed by atoms with van der Waals surface area (Å²) in [4.78, 5) is 10.5. The number of nitrogens with two attached hydrogens (primary N) is 1. The molecule has 0 atom stereocenters. The summed E-state index contributed by atoms with van der Waals surface area (Å²) in [6.07, 6.45) is 2.44. The minimum absolute atomic E-state index is 0.215.